The third-order valence-electron chi connectivity index (χ3n) is 3.77. The van der Waals surface area contributed by atoms with Gasteiger partial charge in [-0.05, 0) is 31.0 Å². The van der Waals surface area contributed by atoms with Crippen LogP contribution in [0.1, 0.15) is 12.8 Å². The predicted octanol–water partition coefficient (Wildman–Crippen LogP) is 2.18. The molecule has 0 bridgehead atoms. The van der Waals surface area contributed by atoms with Gasteiger partial charge in [0, 0.05) is 25.6 Å². The van der Waals surface area contributed by atoms with Crippen LogP contribution in [-0.4, -0.2) is 38.3 Å². The Labute approximate surface area is 140 Å². The van der Waals surface area contributed by atoms with Crippen LogP contribution in [0.25, 0.3) is 0 Å². The van der Waals surface area contributed by atoms with E-state index in [1.165, 1.54) is 10.4 Å². The smallest absolute Gasteiger partial charge is 0.243 e. The Kier molecular flexibility index (Phi) is 5.78. The van der Waals surface area contributed by atoms with E-state index in [0.717, 1.165) is 12.1 Å². The maximum Gasteiger partial charge on any atom is 0.243 e. The molecule has 1 aliphatic heterocycles. The fourth-order valence-electron chi connectivity index (χ4n) is 2.46. The summed E-state index contributed by atoms with van der Waals surface area (Å²) in [4.78, 5) is 11.8. The number of carbonyl (C=O) groups excluding carboxylic acids is 1. The fourth-order valence-corrected chi connectivity index (χ4v) is 4.20. The quantitative estimate of drug-likeness (QED) is 0.818. The highest BCUT2D eigenvalue weighted by Crippen LogP contribution is 2.26. The van der Waals surface area contributed by atoms with Gasteiger partial charge < -0.3 is 5.32 Å². The number of carbonyl (C=O) groups is 1. The molecule has 0 saturated carbocycles. The minimum atomic E-state index is -3.73. The van der Waals surface area contributed by atoms with E-state index in [4.69, 9.17) is 11.6 Å². The summed E-state index contributed by atoms with van der Waals surface area (Å²) < 4.78 is 39.5. The number of hydrogen-bond acceptors (Lipinski definition) is 3. The highest BCUT2D eigenvalue weighted by molar-refractivity contribution is 7.89. The van der Waals surface area contributed by atoms with Crippen molar-refractivity contribution in [1.29, 1.82) is 0 Å². The number of piperidine rings is 1. The van der Waals surface area contributed by atoms with E-state index < -0.39 is 15.8 Å². The molecule has 126 valence electrons. The molecular weight excluding hydrogens is 343 g/mol. The molecule has 0 spiro atoms. The van der Waals surface area contributed by atoms with Gasteiger partial charge in [0.25, 0.3) is 0 Å². The van der Waals surface area contributed by atoms with E-state index in [-0.39, 0.29) is 34.8 Å². The highest BCUT2D eigenvalue weighted by atomic mass is 35.5. The van der Waals surface area contributed by atoms with Crippen molar-refractivity contribution in [2.45, 2.75) is 17.7 Å². The number of sulfonamides is 1. The molecule has 8 heteroatoms. The van der Waals surface area contributed by atoms with Crippen molar-refractivity contribution >= 4 is 27.5 Å². The van der Waals surface area contributed by atoms with Gasteiger partial charge in [0.1, 0.15) is 5.82 Å². The van der Waals surface area contributed by atoms with Crippen LogP contribution in [-0.2, 0) is 14.8 Å². The summed E-state index contributed by atoms with van der Waals surface area (Å²) in [5.41, 5.74) is 0. The van der Waals surface area contributed by atoms with E-state index >= 15 is 0 Å². The molecule has 23 heavy (non-hydrogen) atoms. The average Bonchev–Trinajstić information content (AvgIpc) is 2.55. The van der Waals surface area contributed by atoms with E-state index in [0.29, 0.717) is 19.4 Å². The van der Waals surface area contributed by atoms with Crippen LogP contribution in [0.15, 0.2) is 35.7 Å². The van der Waals surface area contributed by atoms with Crippen molar-refractivity contribution in [2.24, 2.45) is 5.92 Å². The first kappa shape index (κ1) is 17.9. The van der Waals surface area contributed by atoms with Gasteiger partial charge in [-0.3, -0.25) is 4.79 Å². The Morgan fingerprint density at radius 2 is 2.09 bits per heavy atom. The van der Waals surface area contributed by atoms with Crippen LogP contribution in [0.5, 0.6) is 0 Å². The number of halogens is 2. The summed E-state index contributed by atoms with van der Waals surface area (Å²) in [6.45, 7) is 4.40. The number of nitrogens with one attached hydrogen (secondary N) is 1. The van der Waals surface area contributed by atoms with Crippen molar-refractivity contribution < 1.29 is 17.6 Å². The first-order chi connectivity index (χ1) is 10.9. The Morgan fingerprint density at radius 1 is 1.43 bits per heavy atom. The Bertz CT molecular complexity index is 701. The SMILES string of the molecule is C=CCNC(=O)C1CCN(S(=O)(=O)c2ccc(F)c(Cl)c2)CC1. The summed E-state index contributed by atoms with van der Waals surface area (Å²) in [7, 11) is -3.73. The lowest BCUT2D eigenvalue weighted by atomic mass is 9.97. The second-order valence-electron chi connectivity index (χ2n) is 5.29. The van der Waals surface area contributed by atoms with Crippen LogP contribution in [0, 0.1) is 11.7 Å². The highest BCUT2D eigenvalue weighted by Gasteiger charge is 2.32. The molecule has 0 aliphatic carbocycles. The van der Waals surface area contributed by atoms with Crippen LogP contribution in [0.2, 0.25) is 5.02 Å². The lowest BCUT2D eigenvalue weighted by Gasteiger charge is -2.30. The molecule has 0 radical (unpaired) electrons. The summed E-state index contributed by atoms with van der Waals surface area (Å²) >= 11 is 5.65. The molecule has 0 atom stereocenters. The summed E-state index contributed by atoms with van der Waals surface area (Å²) in [6.07, 6.45) is 2.48. The monoisotopic (exact) mass is 360 g/mol. The minimum absolute atomic E-state index is 0.0431. The number of nitrogens with zero attached hydrogens (tertiary/aromatic N) is 1. The maximum absolute atomic E-state index is 13.2. The van der Waals surface area contributed by atoms with Crippen molar-refractivity contribution in [3.63, 3.8) is 0 Å². The van der Waals surface area contributed by atoms with Gasteiger partial charge in [-0.15, -0.1) is 6.58 Å². The van der Waals surface area contributed by atoms with Crippen LogP contribution >= 0.6 is 11.6 Å². The number of rotatable bonds is 5. The first-order valence-corrected chi connectivity index (χ1v) is 9.02. The van der Waals surface area contributed by atoms with Crippen LogP contribution in [0.3, 0.4) is 0 Å². The molecule has 1 amide bonds. The van der Waals surface area contributed by atoms with Gasteiger partial charge >= 0.3 is 0 Å². The summed E-state index contributed by atoms with van der Waals surface area (Å²) in [5, 5.41) is 2.49. The average molecular weight is 361 g/mol. The molecule has 1 aromatic rings. The number of hydrogen-bond donors (Lipinski definition) is 1. The van der Waals surface area contributed by atoms with Crippen molar-refractivity contribution in [3.8, 4) is 0 Å². The molecule has 5 nitrogen and oxygen atoms in total. The predicted molar refractivity (Wildman–Crippen MR) is 86.1 cm³/mol. The molecule has 0 aromatic heterocycles. The molecule has 1 aromatic carbocycles. The zero-order valence-corrected chi connectivity index (χ0v) is 14.0. The fraction of sp³-hybridized carbons (Fsp3) is 0.400. The largest absolute Gasteiger partial charge is 0.352 e. The zero-order valence-electron chi connectivity index (χ0n) is 12.5. The third kappa shape index (κ3) is 4.10. The second-order valence-corrected chi connectivity index (χ2v) is 7.63. The van der Waals surface area contributed by atoms with E-state index in [1.54, 1.807) is 6.08 Å². The van der Waals surface area contributed by atoms with E-state index in [9.17, 15) is 17.6 Å². The van der Waals surface area contributed by atoms with Gasteiger partial charge in [-0.25, -0.2) is 12.8 Å². The molecule has 1 heterocycles. The second kappa shape index (κ2) is 7.42. The number of amides is 1. The van der Waals surface area contributed by atoms with Crippen LogP contribution < -0.4 is 5.32 Å². The lowest BCUT2D eigenvalue weighted by Crippen LogP contribution is -2.43. The third-order valence-corrected chi connectivity index (χ3v) is 5.96. The lowest BCUT2D eigenvalue weighted by molar-refractivity contribution is -0.125. The molecule has 1 fully saturated rings. The van der Waals surface area contributed by atoms with E-state index in [2.05, 4.69) is 11.9 Å². The molecule has 0 unspecified atom stereocenters. The minimum Gasteiger partial charge on any atom is -0.352 e. The zero-order chi connectivity index (χ0) is 17.0. The van der Waals surface area contributed by atoms with E-state index in [1.807, 2.05) is 0 Å². The van der Waals surface area contributed by atoms with Crippen LogP contribution in [0.4, 0.5) is 4.39 Å². The van der Waals surface area contributed by atoms with Gasteiger partial charge in [-0.2, -0.15) is 4.31 Å². The Balaban J connectivity index is 2.05. The standard InChI is InChI=1S/C15H18ClFN2O3S/c1-2-7-18-15(20)11-5-8-19(9-6-11)23(21,22)12-3-4-14(17)13(16)10-12/h2-4,10-11H,1,5-9H2,(H,18,20). The Morgan fingerprint density at radius 3 is 2.65 bits per heavy atom. The van der Waals surface area contributed by atoms with Crippen molar-refractivity contribution in [1.82, 2.24) is 9.62 Å². The first-order valence-electron chi connectivity index (χ1n) is 7.20. The van der Waals surface area contributed by atoms with Gasteiger partial charge in [0.05, 0.1) is 9.92 Å². The molecule has 1 N–H and O–H groups in total. The molecule has 2 rings (SSSR count). The van der Waals surface area contributed by atoms with Gasteiger partial charge in [-0.1, -0.05) is 17.7 Å². The summed E-state index contributed by atoms with van der Waals surface area (Å²) in [6, 6.07) is 3.33. The molecular formula is C15H18ClFN2O3S. The molecule has 1 aliphatic rings. The van der Waals surface area contributed by atoms with Gasteiger partial charge in [0.15, 0.2) is 0 Å². The maximum atomic E-state index is 13.2. The van der Waals surface area contributed by atoms with Gasteiger partial charge in [0.2, 0.25) is 15.9 Å². The normalized spacial score (nSPS) is 17.0. The summed E-state index contributed by atoms with van der Waals surface area (Å²) in [5.74, 6) is -0.965. The number of benzene rings is 1. The topological polar surface area (TPSA) is 66.5 Å². The Hall–Kier alpha value is -1.44. The van der Waals surface area contributed by atoms with Crippen molar-refractivity contribution in [3.05, 3.63) is 41.7 Å². The van der Waals surface area contributed by atoms with Crippen molar-refractivity contribution in [2.75, 3.05) is 19.6 Å². The molecule has 1 saturated heterocycles.